The lowest BCUT2D eigenvalue weighted by Crippen LogP contribution is -2.27. The smallest absolute Gasteiger partial charge is 0.262 e. The van der Waals surface area contributed by atoms with Crippen molar-refractivity contribution in [3.05, 3.63) is 59.1 Å². The van der Waals surface area contributed by atoms with Crippen LogP contribution in [-0.4, -0.2) is 17.6 Å². The molecule has 0 saturated heterocycles. The number of halogens is 1. The molecule has 2 rings (SSSR count). The Morgan fingerprint density at radius 2 is 1.61 bits per heavy atom. The van der Waals surface area contributed by atoms with Crippen LogP contribution >= 0.6 is 23.8 Å². The summed E-state index contributed by atoms with van der Waals surface area (Å²) in [6.45, 7) is 3.03. The maximum Gasteiger partial charge on any atom is 0.262 e. The molecule has 0 aliphatic carbocycles. The van der Waals surface area contributed by atoms with Crippen LogP contribution in [0.4, 0.5) is 5.69 Å². The second-order valence-corrected chi connectivity index (χ2v) is 7.38. The van der Waals surface area contributed by atoms with E-state index >= 15 is 0 Å². The molecule has 6 heteroatoms. The fourth-order valence-electron chi connectivity index (χ4n) is 2.65. The number of hydrogen-bond acceptors (Lipinski definition) is 3. The predicted molar refractivity (Wildman–Crippen MR) is 120 cm³/mol. The summed E-state index contributed by atoms with van der Waals surface area (Å²) in [5.41, 5.74) is 1.23. The van der Waals surface area contributed by atoms with Gasteiger partial charge in [-0.25, -0.2) is 0 Å². The third-order valence-corrected chi connectivity index (χ3v) is 4.71. The van der Waals surface area contributed by atoms with Crippen LogP contribution in [0.5, 0.6) is 5.75 Å². The first-order chi connectivity index (χ1) is 13.6. The van der Waals surface area contributed by atoms with Crippen LogP contribution in [0.15, 0.2) is 48.5 Å². The van der Waals surface area contributed by atoms with Crippen molar-refractivity contribution in [3.63, 3.8) is 0 Å². The molecule has 0 aliphatic heterocycles. The maximum absolute atomic E-state index is 12.3. The highest BCUT2D eigenvalue weighted by molar-refractivity contribution is 7.80. The summed E-state index contributed by atoms with van der Waals surface area (Å²) in [6, 6.07) is 13.8. The van der Waals surface area contributed by atoms with Gasteiger partial charge >= 0.3 is 0 Å². The lowest BCUT2D eigenvalue weighted by atomic mass is 10.1. The molecule has 0 aliphatic rings. The van der Waals surface area contributed by atoms with Crippen molar-refractivity contribution >= 4 is 40.6 Å². The van der Waals surface area contributed by atoms with Crippen LogP contribution in [0.3, 0.4) is 0 Å². The summed E-state index contributed by atoms with van der Waals surface area (Å²) >= 11 is 11.1. The van der Waals surface area contributed by atoms with Crippen LogP contribution in [0.2, 0.25) is 5.02 Å². The largest absolute Gasteiger partial charge is 0.432 e. The molecule has 0 bridgehead atoms. The van der Waals surface area contributed by atoms with Crippen molar-refractivity contribution in [1.82, 2.24) is 5.32 Å². The minimum absolute atomic E-state index is 0.197. The van der Waals surface area contributed by atoms with Crippen LogP contribution < -0.4 is 15.4 Å². The molecule has 0 atom stereocenters. The number of unbranched alkanes of at least 4 members (excludes halogenated alkanes) is 5. The Kier molecular flexibility index (Phi) is 9.80. The van der Waals surface area contributed by atoms with E-state index in [-0.39, 0.29) is 5.91 Å². The van der Waals surface area contributed by atoms with Gasteiger partial charge in [-0.15, -0.1) is 0 Å². The van der Waals surface area contributed by atoms with E-state index in [1.165, 1.54) is 32.1 Å². The fourth-order valence-corrected chi connectivity index (χ4v) is 2.97. The van der Waals surface area contributed by atoms with Gasteiger partial charge in [-0.05, 0) is 67.2 Å². The van der Waals surface area contributed by atoms with Crippen molar-refractivity contribution in [1.29, 1.82) is 0 Å². The Morgan fingerprint density at radius 1 is 0.964 bits per heavy atom. The molecule has 28 heavy (non-hydrogen) atoms. The lowest BCUT2D eigenvalue weighted by Gasteiger charge is -2.10. The maximum atomic E-state index is 12.3. The van der Waals surface area contributed by atoms with Gasteiger partial charge in [0, 0.05) is 22.8 Å². The molecule has 0 aromatic heterocycles. The van der Waals surface area contributed by atoms with E-state index in [4.69, 9.17) is 28.6 Å². The molecule has 0 heterocycles. The van der Waals surface area contributed by atoms with E-state index < -0.39 is 0 Å². The Labute approximate surface area is 177 Å². The summed E-state index contributed by atoms with van der Waals surface area (Å²) in [5, 5.41) is 6.92. The number of nitrogens with one attached hydrogen (secondary N) is 2. The Balaban J connectivity index is 1.72. The molecule has 0 radical (unpaired) electrons. The van der Waals surface area contributed by atoms with Gasteiger partial charge in [0.15, 0.2) is 0 Å². The molecular weight excluding hydrogens is 392 g/mol. The highest BCUT2D eigenvalue weighted by Gasteiger charge is 2.07. The summed E-state index contributed by atoms with van der Waals surface area (Å²) < 4.78 is 5.60. The number of anilines is 1. The molecule has 2 aromatic rings. The van der Waals surface area contributed by atoms with Crippen LogP contribution in [0, 0.1) is 0 Å². The van der Waals surface area contributed by atoms with E-state index in [1.54, 1.807) is 48.5 Å². The first-order valence-corrected chi connectivity index (χ1v) is 10.5. The molecule has 0 spiro atoms. The molecule has 0 fully saturated rings. The second-order valence-electron chi connectivity index (χ2n) is 6.57. The summed E-state index contributed by atoms with van der Waals surface area (Å²) in [5.74, 6) is 0.404. The summed E-state index contributed by atoms with van der Waals surface area (Å²) in [4.78, 5) is 12.3. The van der Waals surface area contributed by atoms with E-state index in [0.29, 0.717) is 27.2 Å². The van der Waals surface area contributed by atoms with Gasteiger partial charge in [-0.1, -0.05) is 50.6 Å². The van der Waals surface area contributed by atoms with Crippen LogP contribution in [0.25, 0.3) is 0 Å². The molecule has 0 saturated carbocycles. The van der Waals surface area contributed by atoms with Crippen molar-refractivity contribution in [3.8, 4) is 5.75 Å². The zero-order valence-electron chi connectivity index (χ0n) is 16.2. The SMILES string of the molecule is CCCCCCCCNC(=S)Oc1ccc(C(=O)Nc2ccc(Cl)cc2)cc1. The van der Waals surface area contributed by atoms with Crippen LogP contribution in [-0.2, 0) is 0 Å². The predicted octanol–water partition coefficient (Wildman–Crippen LogP) is 6.21. The fraction of sp³-hybridized carbons (Fsp3) is 0.364. The minimum atomic E-state index is -0.197. The van der Waals surface area contributed by atoms with E-state index in [9.17, 15) is 4.79 Å². The number of rotatable bonds is 10. The lowest BCUT2D eigenvalue weighted by molar-refractivity contribution is 0.102. The number of amides is 1. The highest BCUT2D eigenvalue weighted by Crippen LogP contribution is 2.16. The number of hydrogen-bond donors (Lipinski definition) is 2. The zero-order chi connectivity index (χ0) is 20.2. The average molecular weight is 419 g/mol. The van der Waals surface area contributed by atoms with E-state index in [0.717, 1.165) is 13.0 Å². The van der Waals surface area contributed by atoms with E-state index in [1.807, 2.05) is 0 Å². The van der Waals surface area contributed by atoms with Crippen molar-refractivity contribution in [2.45, 2.75) is 45.4 Å². The third-order valence-electron chi connectivity index (χ3n) is 4.23. The number of thiocarbonyl (C=S) groups is 1. The Hall–Kier alpha value is -2.11. The molecule has 1 amide bonds. The summed E-state index contributed by atoms with van der Waals surface area (Å²) in [7, 11) is 0. The standard InChI is InChI=1S/C22H27ClN2O2S/c1-2-3-4-5-6-7-16-24-22(28)27-20-14-8-17(9-15-20)21(26)25-19-12-10-18(23)11-13-19/h8-15H,2-7,16H2,1H3,(H,24,28)(H,25,26). The van der Waals surface area contributed by atoms with Gasteiger partial charge in [0.25, 0.3) is 11.1 Å². The highest BCUT2D eigenvalue weighted by atomic mass is 35.5. The van der Waals surface area contributed by atoms with E-state index in [2.05, 4.69) is 17.6 Å². The molecule has 150 valence electrons. The number of benzene rings is 2. The Bertz CT molecular complexity index is 748. The summed E-state index contributed by atoms with van der Waals surface area (Å²) in [6.07, 6.45) is 7.42. The zero-order valence-corrected chi connectivity index (χ0v) is 17.7. The van der Waals surface area contributed by atoms with Gasteiger partial charge in [0.05, 0.1) is 0 Å². The molecular formula is C22H27ClN2O2S. The van der Waals surface area contributed by atoms with Crippen molar-refractivity contribution < 1.29 is 9.53 Å². The normalized spacial score (nSPS) is 10.4. The van der Waals surface area contributed by atoms with Gasteiger partial charge in [-0.3, -0.25) is 4.79 Å². The second kappa shape index (κ2) is 12.4. The number of carbonyl (C=O) groups excluding carboxylic acids is 1. The molecule has 2 aromatic carbocycles. The van der Waals surface area contributed by atoms with Gasteiger partial charge in [-0.2, -0.15) is 0 Å². The van der Waals surface area contributed by atoms with Gasteiger partial charge in [0.2, 0.25) is 0 Å². The average Bonchev–Trinajstić information content (AvgIpc) is 2.69. The Morgan fingerprint density at radius 3 is 2.29 bits per heavy atom. The molecule has 4 nitrogen and oxygen atoms in total. The molecule has 0 unspecified atom stereocenters. The quantitative estimate of drug-likeness (QED) is 0.356. The van der Waals surface area contributed by atoms with Crippen LogP contribution in [0.1, 0.15) is 55.8 Å². The topological polar surface area (TPSA) is 50.4 Å². The monoisotopic (exact) mass is 418 g/mol. The van der Waals surface area contributed by atoms with Crippen molar-refractivity contribution in [2.24, 2.45) is 0 Å². The first-order valence-electron chi connectivity index (χ1n) is 9.71. The third kappa shape index (κ3) is 8.28. The number of carbonyl (C=O) groups is 1. The first kappa shape index (κ1) is 22.2. The number of ether oxygens (including phenoxy) is 1. The minimum Gasteiger partial charge on any atom is -0.432 e. The van der Waals surface area contributed by atoms with Crippen molar-refractivity contribution in [2.75, 3.05) is 11.9 Å². The van der Waals surface area contributed by atoms with Gasteiger partial charge in [0.1, 0.15) is 5.75 Å². The molecule has 2 N–H and O–H groups in total. The van der Waals surface area contributed by atoms with Gasteiger partial charge < -0.3 is 15.4 Å².